The summed E-state index contributed by atoms with van der Waals surface area (Å²) in [5.41, 5.74) is 4.10. The van der Waals surface area contributed by atoms with Crippen molar-refractivity contribution in [3.63, 3.8) is 0 Å². The summed E-state index contributed by atoms with van der Waals surface area (Å²) < 4.78 is 0. The van der Waals surface area contributed by atoms with Crippen LogP contribution in [0.15, 0.2) is 48.5 Å². The average Bonchev–Trinajstić information content (AvgIpc) is 2.55. The molecule has 0 saturated carbocycles. The molecule has 0 fully saturated rings. The molecule has 0 saturated heterocycles. The monoisotopic (exact) mass is 310 g/mol. The van der Waals surface area contributed by atoms with Crippen molar-refractivity contribution < 1.29 is 9.59 Å². The summed E-state index contributed by atoms with van der Waals surface area (Å²) >= 11 is 0. The Morgan fingerprint density at radius 2 is 1.48 bits per heavy atom. The first-order chi connectivity index (χ1) is 11.1. The lowest BCUT2D eigenvalue weighted by Crippen LogP contribution is -2.27. The Balaban J connectivity index is 1.77. The van der Waals surface area contributed by atoms with Crippen molar-refractivity contribution >= 4 is 17.5 Å². The Labute approximate surface area is 136 Å². The molecule has 0 radical (unpaired) electrons. The van der Waals surface area contributed by atoms with E-state index < -0.39 is 0 Å². The summed E-state index contributed by atoms with van der Waals surface area (Å²) in [6.45, 7) is 4.52. The van der Waals surface area contributed by atoms with E-state index in [4.69, 9.17) is 0 Å². The Morgan fingerprint density at radius 3 is 2.09 bits per heavy atom. The van der Waals surface area contributed by atoms with Crippen LogP contribution in [0.25, 0.3) is 0 Å². The molecule has 0 unspecified atom stereocenters. The Morgan fingerprint density at radius 1 is 0.870 bits per heavy atom. The van der Waals surface area contributed by atoms with Crippen molar-refractivity contribution in [2.75, 3.05) is 5.32 Å². The zero-order valence-corrected chi connectivity index (χ0v) is 13.6. The number of aryl methyl sites for hydroxylation is 2. The molecule has 0 aliphatic rings. The Bertz CT molecular complexity index is 661. The Hall–Kier alpha value is -2.62. The van der Waals surface area contributed by atoms with Gasteiger partial charge in [0.25, 0.3) is 0 Å². The van der Waals surface area contributed by atoms with Crippen LogP contribution in [-0.2, 0) is 22.6 Å². The van der Waals surface area contributed by atoms with Crippen LogP contribution in [0.1, 0.15) is 30.0 Å². The van der Waals surface area contributed by atoms with Gasteiger partial charge in [0, 0.05) is 12.2 Å². The van der Waals surface area contributed by atoms with Crippen LogP contribution in [0.3, 0.4) is 0 Å². The molecule has 4 nitrogen and oxygen atoms in total. The third-order valence-electron chi connectivity index (χ3n) is 3.58. The van der Waals surface area contributed by atoms with Gasteiger partial charge in [0.15, 0.2) is 0 Å². The van der Waals surface area contributed by atoms with Crippen molar-refractivity contribution in [2.24, 2.45) is 0 Å². The molecule has 0 atom stereocenters. The first-order valence-corrected chi connectivity index (χ1v) is 7.78. The molecule has 2 rings (SSSR count). The van der Waals surface area contributed by atoms with E-state index >= 15 is 0 Å². The molecule has 4 heteroatoms. The molecule has 2 aromatic rings. The van der Waals surface area contributed by atoms with Crippen molar-refractivity contribution in [2.45, 2.75) is 33.2 Å². The number of carbonyl (C=O) groups excluding carboxylic acids is 2. The maximum absolute atomic E-state index is 11.9. The van der Waals surface area contributed by atoms with Gasteiger partial charge in [-0.1, -0.05) is 48.9 Å². The largest absolute Gasteiger partial charge is 0.352 e. The van der Waals surface area contributed by atoms with E-state index in [2.05, 4.69) is 17.6 Å². The summed E-state index contributed by atoms with van der Waals surface area (Å²) in [4.78, 5) is 23.7. The zero-order chi connectivity index (χ0) is 16.7. The third-order valence-corrected chi connectivity index (χ3v) is 3.58. The van der Waals surface area contributed by atoms with Crippen LogP contribution < -0.4 is 10.6 Å². The summed E-state index contributed by atoms with van der Waals surface area (Å²) in [7, 11) is 0. The molecule has 0 spiro atoms. The van der Waals surface area contributed by atoms with Gasteiger partial charge >= 0.3 is 0 Å². The van der Waals surface area contributed by atoms with Gasteiger partial charge in [-0.05, 0) is 36.6 Å². The zero-order valence-electron chi connectivity index (χ0n) is 13.6. The highest BCUT2D eigenvalue weighted by atomic mass is 16.2. The molecule has 23 heavy (non-hydrogen) atoms. The van der Waals surface area contributed by atoms with Gasteiger partial charge in [-0.15, -0.1) is 0 Å². The number of carbonyl (C=O) groups is 2. The van der Waals surface area contributed by atoms with E-state index in [9.17, 15) is 9.59 Å². The van der Waals surface area contributed by atoms with Crippen molar-refractivity contribution in [3.8, 4) is 0 Å². The summed E-state index contributed by atoms with van der Waals surface area (Å²) in [6.07, 6.45) is 0.775. The topological polar surface area (TPSA) is 58.2 Å². The normalized spacial score (nSPS) is 10.2. The van der Waals surface area contributed by atoms with E-state index in [0.717, 1.165) is 12.0 Å². The van der Waals surface area contributed by atoms with Crippen LogP contribution in [0.2, 0.25) is 0 Å². The van der Waals surface area contributed by atoms with Crippen LogP contribution in [-0.4, -0.2) is 11.8 Å². The first-order valence-electron chi connectivity index (χ1n) is 7.78. The van der Waals surface area contributed by atoms with Crippen LogP contribution in [0.5, 0.6) is 0 Å². The summed E-state index contributed by atoms with van der Waals surface area (Å²) in [5, 5.41) is 5.48. The van der Waals surface area contributed by atoms with Gasteiger partial charge < -0.3 is 10.6 Å². The molecule has 0 aliphatic heterocycles. The predicted molar refractivity (Wildman–Crippen MR) is 92.1 cm³/mol. The van der Waals surface area contributed by atoms with Gasteiger partial charge in [-0.2, -0.15) is 0 Å². The number of hydrogen-bond donors (Lipinski definition) is 2. The fourth-order valence-electron chi connectivity index (χ4n) is 2.14. The van der Waals surface area contributed by atoms with Gasteiger partial charge in [-0.3, -0.25) is 9.59 Å². The lowest BCUT2D eigenvalue weighted by atomic mass is 10.1. The molecule has 0 bridgehead atoms. The summed E-state index contributed by atoms with van der Waals surface area (Å²) in [6, 6.07) is 15.5. The lowest BCUT2D eigenvalue weighted by Gasteiger charge is -2.07. The molecular formula is C19H22N2O2. The van der Waals surface area contributed by atoms with Crippen molar-refractivity contribution in [1.82, 2.24) is 5.32 Å². The van der Waals surface area contributed by atoms with Crippen molar-refractivity contribution in [3.05, 3.63) is 65.2 Å². The molecule has 0 aliphatic carbocycles. The minimum absolute atomic E-state index is 0.179. The molecule has 0 aromatic heterocycles. The number of anilines is 1. The summed E-state index contributed by atoms with van der Waals surface area (Å²) in [5.74, 6) is -0.594. The molecule has 2 amide bonds. The molecular weight excluding hydrogens is 288 g/mol. The van der Waals surface area contributed by atoms with Crippen molar-refractivity contribution in [1.29, 1.82) is 0 Å². The second-order valence-electron chi connectivity index (χ2n) is 5.54. The van der Waals surface area contributed by atoms with Crippen LogP contribution in [0.4, 0.5) is 5.69 Å². The number of hydrogen-bond acceptors (Lipinski definition) is 2. The predicted octanol–water partition coefficient (Wildman–Crippen LogP) is 3.20. The fourth-order valence-corrected chi connectivity index (χ4v) is 2.14. The second-order valence-corrected chi connectivity index (χ2v) is 5.54. The quantitative estimate of drug-likeness (QED) is 0.805. The van der Waals surface area contributed by atoms with E-state index in [-0.39, 0.29) is 18.2 Å². The standard InChI is InChI=1S/C19H22N2O2/c1-3-15-8-10-17(11-9-15)21-19(23)12-18(22)20-13-16-6-4-14(2)5-7-16/h4-11H,3,12-13H2,1-2H3,(H,20,22)(H,21,23). The van der Waals surface area contributed by atoms with Gasteiger partial charge in [0.05, 0.1) is 0 Å². The molecule has 2 N–H and O–H groups in total. The van der Waals surface area contributed by atoms with E-state index in [1.54, 1.807) is 0 Å². The highest BCUT2D eigenvalue weighted by Gasteiger charge is 2.09. The van der Waals surface area contributed by atoms with Crippen LogP contribution in [0, 0.1) is 6.92 Å². The lowest BCUT2D eigenvalue weighted by molar-refractivity contribution is -0.126. The highest BCUT2D eigenvalue weighted by Crippen LogP contribution is 2.10. The number of amides is 2. The average molecular weight is 310 g/mol. The minimum Gasteiger partial charge on any atom is -0.352 e. The van der Waals surface area contributed by atoms with Gasteiger partial charge in [0.1, 0.15) is 6.42 Å². The fraction of sp³-hybridized carbons (Fsp3) is 0.263. The number of nitrogens with one attached hydrogen (secondary N) is 2. The number of benzene rings is 2. The molecule has 2 aromatic carbocycles. The van der Waals surface area contributed by atoms with E-state index in [1.165, 1.54) is 11.1 Å². The van der Waals surface area contributed by atoms with Gasteiger partial charge in [-0.25, -0.2) is 0 Å². The van der Waals surface area contributed by atoms with E-state index in [1.807, 2.05) is 55.5 Å². The maximum atomic E-state index is 11.9. The molecule has 0 heterocycles. The Kier molecular flexibility index (Phi) is 5.92. The highest BCUT2D eigenvalue weighted by molar-refractivity contribution is 6.03. The van der Waals surface area contributed by atoms with E-state index in [0.29, 0.717) is 12.2 Å². The third kappa shape index (κ3) is 5.58. The SMILES string of the molecule is CCc1ccc(NC(=O)CC(=O)NCc2ccc(C)cc2)cc1. The minimum atomic E-state index is -0.310. The van der Waals surface area contributed by atoms with Gasteiger partial charge in [0.2, 0.25) is 11.8 Å². The van der Waals surface area contributed by atoms with Crippen LogP contribution >= 0.6 is 0 Å². The molecule has 120 valence electrons. The number of rotatable bonds is 6. The first kappa shape index (κ1) is 16.7. The smallest absolute Gasteiger partial charge is 0.233 e. The second kappa shape index (κ2) is 8.13. The maximum Gasteiger partial charge on any atom is 0.233 e.